The van der Waals surface area contributed by atoms with Crippen LogP contribution >= 0.6 is 15.9 Å². The second-order valence-electron chi connectivity index (χ2n) is 4.89. The number of hydrogen-bond donors (Lipinski definition) is 1. The van der Waals surface area contributed by atoms with Crippen molar-refractivity contribution in [3.8, 4) is 0 Å². The van der Waals surface area contributed by atoms with Crippen molar-refractivity contribution in [1.29, 1.82) is 0 Å². The molecule has 5 heteroatoms. The fourth-order valence-electron chi connectivity index (χ4n) is 2.20. The van der Waals surface area contributed by atoms with Crippen LogP contribution in [0.1, 0.15) is 30.5 Å². The Hall–Kier alpha value is -1.33. The maximum atomic E-state index is 14.0. The van der Waals surface area contributed by atoms with Gasteiger partial charge in [-0.1, -0.05) is 13.0 Å². The van der Waals surface area contributed by atoms with Crippen LogP contribution < -0.4 is 5.32 Å². The van der Waals surface area contributed by atoms with Crippen LogP contribution in [0, 0.1) is 11.6 Å². The number of hydrogen-bond acceptors (Lipinski definition) is 2. The number of halogens is 3. The summed E-state index contributed by atoms with van der Waals surface area (Å²) in [7, 11) is 0. The van der Waals surface area contributed by atoms with Gasteiger partial charge in [-0.2, -0.15) is 0 Å². The van der Waals surface area contributed by atoms with Crippen LogP contribution in [-0.2, 0) is 6.42 Å². The fourth-order valence-corrected chi connectivity index (χ4v) is 2.61. The number of pyridine rings is 1. The van der Waals surface area contributed by atoms with E-state index in [1.807, 2.05) is 13.0 Å². The van der Waals surface area contributed by atoms with Crippen molar-refractivity contribution >= 4 is 15.9 Å². The van der Waals surface area contributed by atoms with Gasteiger partial charge in [-0.3, -0.25) is 4.98 Å². The van der Waals surface area contributed by atoms with Gasteiger partial charge in [0.1, 0.15) is 11.6 Å². The molecular weight excluding hydrogens is 338 g/mol. The van der Waals surface area contributed by atoms with Gasteiger partial charge in [-0.15, -0.1) is 0 Å². The van der Waals surface area contributed by atoms with Crippen molar-refractivity contribution in [2.45, 2.75) is 25.8 Å². The lowest BCUT2D eigenvalue weighted by molar-refractivity contribution is 0.490. The standard InChI is InChI=1S/C16H17BrF2N2/c1-2-5-21-16(7-11-6-12(17)10-20-9-11)14-4-3-13(18)8-15(14)19/h3-4,6,8-10,16,21H,2,5,7H2,1H3. The van der Waals surface area contributed by atoms with Crippen LogP contribution in [0.4, 0.5) is 8.78 Å². The average Bonchev–Trinajstić information content (AvgIpc) is 2.44. The van der Waals surface area contributed by atoms with Crippen molar-refractivity contribution in [2.75, 3.05) is 6.54 Å². The summed E-state index contributed by atoms with van der Waals surface area (Å²) in [4.78, 5) is 4.12. The highest BCUT2D eigenvalue weighted by atomic mass is 79.9. The Bertz CT molecular complexity index is 605. The second-order valence-corrected chi connectivity index (χ2v) is 5.80. The first-order chi connectivity index (χ1) is 10.1. The van der Waals surface area contributed by atoms with Crippen LogP contribution in [-0.4, -0.2) is 11.5 Å². The minimum atomic E-state index is -0.561. The Morgan fingerprint density at radius 2 is 2.05 bits per heavy atom. The molecule has 0 amide bonds. The van der Waals surface area contributed by atoms with Crippen LogP contribution in [0.2, 0.25) is 0 Å². The topological polar surface area (TPSA) is 24.9 Å². The van der Waals surface area contributed by atoms with Gasteiger partial charge in [-0.25, -0.2) is 8.78 Å². The molecule has 21 heavy (non-hydrogen) atoms. The molecule has 0 radical (unpaired) electrons. The zero-order valence-electron chi connectivity index (χ0n) is 11.7. The van der Waals surface area contributed by atoms with E-state index in [1.165, 1.54) is 12.1 Å². The van der Waals surface area contributed by atoms with Gasteiger partial charge in [0.25, 0.3) is 0 Å². The SMILES string of the molecule is CCCNC(Cc1cncc(Br)c1)c1ccc(F)cc1F. The smallest absolute Gasteiger partial charge is 0.130 e. The van der Waals surface area contributed by atoms with E-state index in [4.69, 9.17) is 0 Å². The number of benzene rings is 1. The Morgan fingerprint density at radius 1 is 1.24 bits per heavy atom. The first-order valence-corrected chi connectivity index (χ1v) is 7.67. The minimum Gasteiger partial charge on any atom is -0.310 e. The van der Waals surface area contributed by atoms with E-state index >= 15 is 0 Å². The Kier molecular flexibility index (Phi) is 5.82. The zero-order chi connectivity index (χ0) is 15.2. The summed E-state index contributed by atoms with van der Waals surface area (Å²) >= 11 is 3.38. The predicted molar refractivity (Wildman–Crippen MR) is 83.0 cm³/mol. The normalized spacial score (nSPS) is 12.4. The quantitative estimate of drug-likeness (QED) is 0.831. The highest BCUT2D eigenvalue weighted by molar-refractivity contribution is 9.10. The molecule has 1 N–H and O–H groups in total. The lowest BCUT2D eigenvalue weighted by Gasteiger charge is -2.20. The van der Waals surface area contributed by atoms with E-state index in [-0.39, 0.29) is 6.04 Å². The van der Waals surface area contributed by atoms with E-state index in [2.05, 4.69) is 26.2 Å². The molecule has 1 heterocycles. The van der Waals surface area contributed by atoms with Gasteiger partial charge in [0, 0.05) is 34.5 Å². The summed E-state index contributed by atoms with van der Waals surface area (Å²) in [5.41, 5.74) is 1.46. The second kappa shape index (κ2) is 7.61. The van der Waals surface area contributed by atoms with Crippen LogP contribution in [0.3, 0.4) is 0 Å². The first-order valence-electron chi connectivity index (χ1n) is 6.88. The molecule has 0 bridgehead atoms. The van der Waals surface area contributed by atoms with Gasteiger partial charge < -0.3 is 5.32 Å². The summed E-state index contributed by atoms with van der Waals surface area (Å²) in [6.07, 6.45) is 4.99. The molecule has 0 saturated carbocycles. The van der Waals surface area contributed by atoms with Crippen molar-refractivity contribution < 1.29 is 8.78 Å². The van der Waals surface area contributed by atoms with E-state index in [1.54, 1.807) is 12.4 Å². The first kappa shape index (κ1) is 16.0. The number of nitrogens with zero attached hydrogens (tertiary/aromatic N) is 1. The van der Waals surface area contributed by atoms with Crippen LogP contribution in [0.15, 0.2) is 41.1 Å². The third kappa shape index (κ3) is 4.58. The molecule has 0 saturated heterocycles. The third-order valence-electron chi connectivity index (χ3n) is 3.18. The average molecular weight is 355 g/mol. The summed E-state index contributed by atoms with van der Waals surface area (Å²) in [5.74, 6) is -1.08. The Morgan fingerprint density at radius 3 is 2.71 bits per heavy atom. The lowest BCUT2D eigenvalue weighted by Crippen LogP contribution is -2.25. The minimum absolute atomic E-state index is 0.207. The summed E-state index contributed by atoms with van der Waals surface area (Å²) in [5, 5.41) is 3.31. The van der Waals surface area contributed by atoms with Crippen molar-refractivity contribution in [1.82, 2.24) is 10.3 Å². The van der Waals surface area contributed by atoms with E-state index in [9.17, 15) is 8.78 Å². The lowest BCUT2D eigenvalue weighted by atomic mass is 9.99. The number of nitrogens with one attached hydrogen (secondary N) is 1. The molecule has 2 nitrogen and oxygen atoms in total. The molecule has 0 aliphatic rings. The molecule has 0 spiro atoms. The maximum Gasteiger partial charge on any atom is 0.130 e. The van der Waals surface area contributed by atoms with Gasteiger partial charge >= 0.3 is 0 Å². The molecule has 1 atom stereocenters. The number of aromatic nitrogens is 1. The van der Waals surface area contributed by atoms with Crippen LogP contribution in [0.25, 0.3) is 0 Å². The molecule has 1 aromatic carbocycles. The molecule has 2 aromatic rings. The summed E-state index contributed by atoms with van der Waals surface area (Å²) in [6.45, 7) is 2.81. The van der Waals surface area contributed by atoms with Gasteiger partial charge in [0.2, 0.25) is 0 Å². The molecule has 112 valence electrons. The number of rotatable bonds is 6. The van der Waals surface area contributed by atoms with Gasteiger partial charge in [-0.05, 0) is 53.0 Å². The van der Waals surface area contributed by atoms with Crippen molar-refractivity contribution in [3.05, 3.63) is 63.9 Å². The Labute approximate surface area is 131 Å². The molecular formula is C16H17BrF2N2. The highest BCUT2D eigenvalue weighted by Gasteiger charge is 2.16. The fraction of sp³-hybridized carbons (Fsp3) is 0.312. The molecule has 1 aromatic heterocycles. The third-order valence-corrected chi connectivity index (χ3v) is 3.61. The van der Waals surface area contributed by atoms with Gasteiger partial charge in [0.15, 0.2) is 0 Å². The summed E-state index contributed by atoms with van der Waals surface area (Å²) in [6, 6.07) is 5.47. The molecule has 2 rings (SSSR count). The Balaban J connectivity index is 2.25. The summed E-state index contributed by atoms with van der Waals surface area (Å²) < 4.78 is 28.0. The van der Waals surface area contributed by atoms with E-state index in [0.29, 0.717) is 12.0 Å². The predicted octanol–water partition coefficient (Wildman–Crippen LogP) is 4.41. The molecule has 0 fully saturated rings. The maximum absolute atomic E-state index is 14.0. The van der Waals surface area contributed by atoms with Crippen molar-refractivity contribution in [3.63, 3.8) is 0 Å². The van der Waals surface area contributed by atoms with Crippen molar-refractivity contribution in [2.24, 2.45) is 0 Å². The van der Waals surface area contributed by atoms with Gasteiger partial charge in [0.05, 0.1) is 0 Å². The van der Waals surface area contributed by atoms with E-state index in [0.717, 1.165) is 29.1 Å². The molecule has 1 unspecified atom stereocenters. The molecule has 0 aliphatic carbocycles. The molecule has 0 aliphatic heterocycles. The largest absolute Gasteiger partial charge is 0.310 e. The van der Waals surface area contributed by atoms with E-state index < -0.39 is 11.6 Å². The monoisotopic (exact) mass is 354 g/mol. The van der Waals surface area contributed by atoms with Crippen LogP contribution in [0.5, 0.6) is 0 Å². The zero-order valence-corrected chi connectivity index (χ0v) is 13.3. The highest BCUT2D eigenvalue weighted by Crippen LogP contribution is 2.23.